The zero-order chi connectivity index (χ0) is 18.5. The molecule has 2 aromatic rings. The number of aromatic nitrogens is 2. The van der Waals surface area contributed by atoms with Gasteiger partial charge in [0, 0.05) is 37.8 Å². The van der Waals surface area contributed by atoms with E-state index in [1.807, 2.05) is 18.2 Å². The Morgan fingerprint density at radius 3 is 2.22 bits per heavy atom. The van der Waals surface area contributed by atoms with E-state index in [0.717, 1.165) is 57.7 Å². The average Bonchev–Trinajstić information content (AvgIpc) is 2.76. The summed E-state index contributed by atoms with van der Waals surface area (Å²) in [6.07, 6.45) is 5.53. The molecule has 6 heteroatoms. The summed E-state index contributed by atoms with van der Waals surface area (Å²) in [6.45, 7) is 3.76. The minimum atomic E-state index is 0.0909. The van der Waals surface area contributed by atoms with Gasteiger partial charge < -0.3 is 15.1 Å². The van der Waals surface area contributed by atoms with E-state index in [1.54, 1.807) is 0 Å². The number of hydrogen-bond acceptors (Lipinski definition) is 5. The predicted molar refractivity (Wildman–Crippen MR) is 108 cm³/mol. The Kier molecular flexibility index (Phi) is 5.51. The second-order valence-corrected chi connectivity index (χ2v) is 7.41. The van der Waals surface area contributed by atoms with Crippen molar-refractivity contribution in [2.75, 3.05) is 41.3 Å². The van der Waals surface area contributed by atoms with Crippen LogP contribution in [0, 0.1) is 5.92 Å². The molecule has 2 aliphatic rings. The van der Waals surface area contributed by atoms with Crippen LogP contribution in [-0.4, -0.2) is 42.3 Å². The molecule has 6 nitrogen and oxygen atoms in total. The number of nitrogens with zero attached hydrogens (tertiary/aromatic N) is 4. The summed E-state index contributed by atoms with van der Waals surface area (Å²) in [6, 6.07) is 14.3. The van der Waals surface area contributed by atoms with Crippen molar-refractivity contribution in [3.05, 3.63) is 42.5 Å². The van der Waals surface area contributed by atoms with Crippen LogP contribution >= 0.6 is 0 Å². The lowest BCUT2D eigenvalue weighted by Gasteiger charge is -2.36. The molecule has 1 N–H and O–H groups in total. The lowest BCUT2D eigenvalue weighted by Crippen LogP contribution is -2.46. The van der Waals surface area contributed by atoms with Gasteiger partial charge >= 0.3 is 0 Å². The highest BCUT2D eigenvalue weighted by Crippen LogP contribution is 2.25. The highest BCUT2D eigenvalue weighted by molar-refractivity contribution is 5.91. The van der Waals surface area contributed by atoms with Crippen LogP contribution in [0.2, 0.25) is 0 Å². The molecular formula is C21H27N5O. The first-order valence-electron chi connectivity index (χ1n) is 9.99. The summed E-state index contributed by atoms with van der Waals surface area (Å²) in [5.41, 5.74) is 1.27. The maximum atomic E-state index is 12.3. The van der Waals surface area contributed by atoms with Gasteiger partial charge in [0.25, 0.3) is 0 Å². The number of hydrogen-bond donors (Lipinski definition) is 1. The highest BCUT2D eigenvalue weighted by Gasteiger charge is 2.22. The Bertz CT molecular complexity index is 735. The van der Waals surface area contributed by atoms with Crippen LogP contribution in [0.15, 0.2) is 42.5 Å². The Balaban J connectivity index is 1.31. The number of carbonyl (C=O) groups is 1. The lowest BCUT2D eigenvalue weighted by molar-refractivity contribution is -0.120. The maximum Gasteiger partial charge on any atom is 0.228 e. The van der Waals surface area contributed by atoms with E-state index in [2.05, 4.69) is 49.6 Å². The Morgan fingerprint density at radius 2 is 1.56 bits per heavy atom. The van der Waals surface area contributed by atoms with Crippen molar-refractivity contribution in [2.24, 2.45) is 5.92 Å². The van der Waals surface area contributed by atoms with Gasteiger partial charge in [-0.3, -0.25) is 4.79 Å². The normalized spacial score (nSPS) is 18.4. The van der Waals surface area contributed by atoms with Gasteiger partial charge in [0.05, 0.1) is 0 Å². The van der Waals surface area contributed by atoms with Gasteiger partial charge in [0.2, 0.25) is 5.91 Å². The molecule has 1 aromatic carbocycles. The fraction of sp³-hybridized carbons (Fsp3) is 0.476. The Labute approximate surface area is 160 Å². The van der Waals surface area contributed by atoms with E-state index in [4.69, 9.17) is 0 Å². The first-order valence-corrected chi connectivity index (χ1v) is 9.99. The van der Waals surface area contributed by atoms with Crippen LogP contribution in [0.5, 0.6) is 0 Å². The number of anilines is 3. The van der Waals surface area contributed by atoms with Crippen LogP contribution in [0.1, 0.15) is 32.1 Å². The summed E-state index contributed by atoms with van der Waals surface area (Å²) >= 11 is 0. The number of amides is 1. The molecular weight excluding hydrogens is 338 g/mol. The molecule has 0 atom stereocenters. The lowest BCUT2D eigenvalue weighted by atomic mass is 9.89. The smallest absolute Gasteiger partial charge is 0.228 e. The number of para-hydroxylation sites is 1. The molecule has 1 saturated carbocycles. The minimum Gasteiger partial charge on any atom is -0.368 e. The molecule has 0 bridgehead atoms. The summed E-state index contributed by atoms with van der Waals surface area (Å²) < 4.78 is 0. The number of nitrogens with one attached hydrogen (secondary N) is 1. The summed E-state index contributed by atoms with van der Waals surface area (Å²) in [5.74, 6) is 1.65. The predicted octanol–water partition coefficient (Wildman–Crippen LogP) is 3.32. The number of benzene rings is 1. The molecule has 1 aliphatic carbocycles. The zero-order valence-electron chi connectivity index (χ0n) is 15.7. The van der Waals surface area contributed by atoms with Gasteiger partial charge in [0.15, 0.2) is 11.6 Å². The van der Waals surface area contributed by atoms with Gasteiger partial charge in [-0.05, 0) is 37.1 Å². The molecule has 0 spiro atoms. The van der Waals surface area contributed by atoms with E-state index >= 15 is 0 Å². The van der Waals surface area contributed by atoms with E-state index in [9.17, 15) is 4.79 Å². The first kappa shape index (κ1) is 17.8. The molecule has 1 amide bonds. The van der Waals surface area contributed by atoms with E-state index in [0.29, 0.717) is 5.82 Å². The van der Waals surface area contributed by atoms with Crippen molar-refractivity contribution in [3.8, 4) is 0 Å². The second kappa shape index (κ2) is 8.37. The van der Waals surface area contributed by atoms with Crippen molar-refractivity contribution in [1.29, 1.82) is 0 Å². The standard InChI is InChI=1S/C21H27N5O/c27-21(17-7-3-1-4-8-17)22-19-11-12-20(24-23-19)26-15-13-25(14-16-26)18-9-5-2-6-10-18/h2,5-6,9-12,17H,1,3-4,7-8,13-16H2,(H,22,23,27). The van der Waals surface area contributed by atoms with Gasteiger partial charge in [-0.25, -0.2) is 0 Å². The molecule has 142 valence electrons. The molecule has 2 heterocycles. The number of rotatable bonds is 4. The number of piperazine rings is 1. The average molecular weight is 365 g/mol. The van der Waals surface area contributed by atoms with Crippen molar-refractivity contribution in [2.45, 2.75) is 32.1 Å². The molecule has 1 saturated heterocycles. The van der Waals surface area contributed by atoms with Crippen molar-refractivity contribution < 1.29 is 4.79 Å². The van der Waals surface area contributed by atoms with Crippen LogP contribution in [0.4, 0.5) is 17.3 Å². The minimum absolute atomic E-state index is 0.0909. The quantitative estimate of drug-likeness (QED) is 0.901. The molecule has 1 aromatic heterocycles. The van der Waals surface area contributed by atoms with Crippen LogP contribution < -0.4 is 15.1 Å². The maximum absolute atomic E-state index is 12.3. The third kappa shape index (κ3) is 4.38. The summed E-state index contributed by atoms with van der Waals surface area (Å²) in [5, 5.41) is 11.5. The van der Waals surface area contributed by atoms with Crippen molar-refractivity contribution >= 4 is 23.2 Å². The van der Waals surface area contributed by atoms with Crippen LogP contribution in [0.3, 0.4) is 0 Å². The molecule has 2 fully saturated rings. The first-order chi connectivity index (χ1) is 13.3. The van der Waals surface area contributed by atoms with Gasteiger partial charge in [-0.2, -0.15) is 0 Å². The Hall–Kier alpha value is -2.63. The van der Waals surface area contributed by atoms with Gasteiger partial charge in [-0.15, -0.1) is 10.2 Å². The molecule has 4 rings (SSSR count). The van der Waals surface area contributed by atoms with Crippen LogP contribution in [-0.2, 0) is 4.79 Å². The summed E-state index contributed by atoms with van der Waals surface area (Å²) in [7, 11) is 0. The fourth-order valence-electron chi connectivity index (χ4n) is 3.99. The number of carbonyl (C=O) groups excluding carboxylic acids is 1. The van der Waals surface area contributed by atoms with E-state index in [1.165, 1.54) is 12.1 Å². The second-order valence-electron chi connectivity index (χ2n) is 7.41. The van der Waals surface area contributed by atoms with Crippen LogP contribution in [0.25, 0.3) is 0 Å². The highest BCUT2D eigenvalue weighted by atomic mass is 16.1. The molecule has 27 heavy (non-hydrogen) atoms. The zero-order valence-corrected chi connectivity index (χ0v) is 15.7. The Morgan fingerprint density at radius 1 is 0.852 bits per heavy atom. The third-order valence-electron chi connectivity index (χ3n) is 5.60. The molecule has 0 unspecified atom stereocenters. The summed E-state index contributed by atoms with van der Waals surface area (Å²) in [4.78, 5) is 17.0. The van der Waals surface area contributed by atoms with E-state index in [-0.39, 0.29) is 11.8 Å². The van der Waals surface area contributed by atoms with Crippen molar-refractivity contribution in [3.63, 3.8) is 0 Å². The van der Waals surface area contributed by atoms with Crippen molar-refractivity contribution in [1.82, 2.24) is 10.2 Å². The third-order valence-corrected chi connectivity index (χ3v) is 5.60. The fourth-order valence-corrected chi connectivity index (χ4v) is 3.99. The SMILES string of the molecule is O=C(Nc1ccc(N2CCN(c3ccccc3)CC2)nn1)C1CCCCC1. The largest absolute Gasteiger partial charge is 0.368 e. The molecule has 0 radical (unpaired) electrons. The van der Waals surface area contributed by atoms with Gasteiger partial charge in [0.1, 0.15) is 0 Å². The topological polar surface area (TPSA) is 61.4 Å². The van der Waals surface area contributed by atoms with E-state index < -0.39 is 0 Å². The monoisotopic (exact) mass is 365 g/mol. The van der Waals surface area contributed by atoms with Gasteiger partial charge in [-0.1, -0.05) is 37.5 Å². The molecule has 1 aliphatic heterocycles.